The molecular formula is C24H20Cl2N2O4. The Bertz CT molecular complexity index is 1150. The summed E-state index contributed by atoms with van der Waals surface area (Å²) in [6.07, 6.45) is -1.15. The molecule has 3 aromatic rings. The minimum atomic E-state index is -1.15. The molecule has 0 radical (unpaired) electrons. The zero-order valence-corrected chi connectivity index (χ0v) is 18.9. The van der Waals surface area contributed by atoms with Gasteiger partial charge in [-0.15, -0.1) is 0 Å². The van der Waals surface area contributed by atoms with Gasteiger partial charge in [0.2, 0.25) is 0 Å². The van der Waals surface area contributed by atoms with Gasteiger partial charge >= 0.3 is 5.97 Å². The lowest BCUT2D eigenvalue weighted by Crippen LogP contribution is -2.32. The predicted molar refractivity (Wildman–Crippen MR) is 126 cm³/mol. The summed E-state index contributed by atoms with van der Waals surface area (Å²) in [6.45, 7) is 1.42. The predicted octanol–water partition coefficient (Wildman–Crippen LogP) is 5.45. The number of esters is 1. The van der Waals surface area contributed by atoms with Crippen LogP contribution in [0.2, 0.25) is 10.0 Å². The van der Waals surface area contributed by atoms with Crippen molar-refractivity contribution in [2.75, 3.05) is 17.3 Å². The maximum atomic E-state index is 13.0. The lowest BCUT2D eigenvalue weighted by atomic mass is 10.1. The van der Waals surface area contributed by atoms with E-state index in [2.05, 4.69) is 5.32 Å². The Labute approximate surface area is 195 Å². The molecule has 0 saturated carbocycles. The van der Waals surface area contributed by atoms with E-state index in [0.29, 0.717) is 21.4 Å². The van der Waals surface area contributed by atoms with E-state index >= 15 is 0 Å². The van der Waals surface area contributed by atoms with Crippen molar-refractivity contribution >= 4 is 52.4 Å². The van der Waals surface area contributed by atoms with Crippen molar-refractivity contribution in [1.82, 2.24) is 0 Å². The van der Waals surface area contributed by atoms with Crippen molar-refractivity contribution in [1.29, 1.82) is 0 Å². The standard InChI is InChI=1S/C24H20Cl2N2O4/c1-15(22(29)27-21-14-16(25)12-13-20(21)26)32-24(31)19-11-7-6-10-18(19)23(30)28(2)17-8-4-3-5-9-17/h3-15H,1-2H3,(H,27,29). The quantitative estimate of drug-likeness (QED) is 0.485. The summed E-state index contributed by atoms with van der Waals surface area (Å²) in [6, 6.07) is 19.9. The third-order valence-electron chi connectivity index (χ3n) is 4.66. The Morgan fingerprint density at radius 2 is 1.53 bits per heavy atom. The third kappa shape index (κ3) is 5.46. The Balaban J connectivity index is 1.74. The molecule has 0 aromatic heterocycles. The summed E-state index contributed by atoms with van der Waals surface area (Å²) >= 11 is 12.0. The van der Waals surface area contributed by atoms with Crippen molar-refractivity contribution in [3.8, 4) is 0 Å². The van der Waals surface area contributed by atoms with Gasteiger partial charge in [0, 0.05) is 17.8 Å². The van der Waals surface area contributed by atoms with Gasteiger partial charge in [0.1, 0.15) is 0 Å². The summed E-state index contributed by atoms with van der Waals surface area (Å²) < 4.78 is 5.32. The van der Waals surface area contributed by atoms with E-state index < -0.39 is 18.0 Å². The first-order chi connectivity index (χ1) is 15.3. The van der Waals surface area contributed by atoms with E-state index in [-0.39, 0.29) is 17.0 Å². The van der Waals surface area contributed by atoms with Crippen LogP contribution in [-0.2, 0) is 9.53 Å². The maximum absolute atomic E-state index is 13.0. The van der Waals surface area contributed by atoms with Gasteiger partial charge in [-0.3, -0.25) is 9.59 Å². The fraction of sp³-hybridized carbons (Fsp3) is 0.125. The van der Waals surface area contributed by atoms with Gasteiger partial charge in [0.25, 0.3) is 11.8 Å². The molecule has 0 fully saturated rings. The third-order valence-corrected chi connectivity index (χ3v) is 5.23. The van der Waals surface area contributed by atoms with Crippen LogP contribution in [0, 0.1) is 0 Å². The van der Waals surface area contributed by atoms with Crippen LogP contribution in [0.4, 0.5) is 11.4 Å². The highest BCUT2D eigenvalue weighted by atomic mass is 35.5. The molecule has 0 aliphatic rings. The molecule has 0 aliphatic heterocycles. The van der Waals surface area contributed by atoms with Gasteiger partial charge in [-0.05, 0) is 49.4 Å². The fourth-order valence-corrected chi connectivity index (χ4v) is 3.24. The van der Waals surface area contributed by atoms with Gasteiger partial charge in [-0.1, -0.05) is 53.5 Å². The molecule has 1 N–H and O–H groups in total. The molecule has 0 heterocycles. The number of carbonyl (C=O) groups is 3. The summed E-state index contributed by atoms with van der Waals surface area (Å²) in [5.74, 6) is -1.77. The van der Waals surface area contributed by atoms with Gasteiger partial charge in [0.15, 0.2) is 6.10 Å². The monoisotopic (exact) mass is 470 g/mol. The van der Waals surface area contributed by atoms with Crippen molar-refractivity contribution < 1.29 is 19.1 Å². The van der Waals surface area contributed by atoms with Crippen LogP contribution in [0.3, 0.4) is 0 Å². The molecule has 1 atom stereocenters. The van der Waals surface area contributed by atoms with Crippen LogP contribution in [0.5, 0.6) is 0 Å². The number of benzene rings is 3. The number of para-hydroxylation sites is 1. The van der Waals surface area contributed by atoms with Gasteiger partial charge < -0.3 is 15.0 Å². The molecule has 8 heteroatoms. The number of anilines is 2. The number of hydrogen-bond acceptors (Lipinski definition) is 4. The average Bonchev–Trinajstić information content (AvgIpc) is 2.80. The lowest BCUT2D eigenvalue weighted by molar-refractivity contribution is -0.123. The average molecular weight is 471 g/mol. The highest BCUT2D eigenvalue weighted by Crippen LogP contribution is 2.26. The van der Waals surface area contributed by atoms with E-state index in [1.165, 1.54) is 30.0 Å². The van der Waals surface area contributed by atoms with Crippen molar-refractivity contribution in [2.24, 2.45) is 0 Å². The van der Waals surface area contributed by atoms with Crippen molar-refractivity contribution in [3.63, 3.8) is 0 Å². The van der Waals surface area contributed by atoms with Crippen LogP contribution in [-0.4, -0.2) is 30.9 Å². The zero-order chi connectivity index (χ0) is 23.3. The van der Waals surface area contributed by atoms with Gasteiger partial charge in [-0.2, -0.15) is 0 Å². The summed E-state index contributed by atoms with van der Waals surface area (Å²) in [5.41, 5.74) is 1.19. The SMILES string of the molecule is CC(OC(=O)c1ccccc1C(=O)N(C)c1ccccc1)C(=O)Nc1cc(Cl)ccc1Cl. The number of nitrogens with zero attached hydrogens (tertiary/aromatic N) is 1. The topological polar surface area (TPSA) is 75.7 Å². The van der Waals surface area contributed by atoms with E-state index in [0.717, 1.165) is 0 Å². The number of ether oxygens (including phenoxy) is 1. The van der Waals surface area contributed by atoms with Crippen LogP contribution < -0.4 is 10.2 Å². The highest BCUT2D eigenvalue weighted by molar-refractivity contribution is 6.35. The van der Waals surface area contributed by atoms with Crippen LogP contribution >= 0.6 is 23.2 Å². The summed E-state index contributed by atoms with van der Waals surface area (Å²) in [7, 11) is 1.62. The number of rotatable bonds is 6. The lowest BCUT2D eigenvalue weighted by Gasteiger charge is -2.19. The molecule has 0 bridgehead atoms. The number of halogens is 2. The molecular weight excluding hydrogens is 451 g/mol. The second-order valence-electron chi connectivity index (χ2n) is 6.91. The molecule has 32 heavy (non-hydrogen) atoms. The van der Waals surface area contributed by atoms with E-state index in [1.807, 2.05) is 18.2 Å². The Kier molecular flexibility index (Phi) is 7.51. The smallest absolute Gasteiger partial charge is 0.339 e. The number of amides is 2. The molecule has 0 aliphatic carbocycles. The molecule has 3 aromatic carbocycles. The fourth-order valence-electron chi connectivity index (χ4n) is 2.90. The zero-order valence-electron chi connectivity index (χ0n) is 17.3. The Morgan fingerprint density at radius 1 is 0.906 bits per heavy atom. The second-order valence-corrected chi connectivity index (χ2v) is 7.75. The molecule has 3 rings (SSSR count). The Morgan fingerprint density at radius 3 is 2.22 bits per heavy atom. The van der Waals surface area contributed by atoms with Gasteiger partial charge in [0.05, 0.1) is 21.8 Å². The Hall–Kier alpha value is -3.35. The molecule has 0 saturated heterocycles. The second kappa shape index (κ2) is 10.3. The number of carbonyl (C=O) groups excluding carboxylic acids is 3. The van der Waals surface area contributed by atoms with Gasteiger partial charge in [-0.25, -0.2) is 4.79 Å². The minimum absolute atomic E-state index is 0.0562. The van der Waals surface area contributed by atoms with E-state index in [9.17, 15) is 14.4 Å². The van der Waals surface area contributed by atoms with Crippen LogP contribution in [0.1, 0.15) is 27.6 Å². The highest BCUT2D eigenvalue weighted by Gasteiger charge is 2.25. The van der Waals surface area contributed by atoms with Crippen LogP contribution in [0.15, 0.2) is 72.8 Å². The number of hydrogen-bond donors (Lipinski definition) is 1. The number of nitrogens with one attached hydrogen (secondary N) is 1. The summed E-state index contributed by atoms with van der Waals surface area (Å²) in [5, 5.41) is 3.26. The maximum Gasteiger partial charge on any atom is 0.339 e. The first kappa shape index (κ1) is 23.3. The van der Waals surface area contributed by atoms with E-state index in [1.54, 1.807) is 43.4 Å². The first-order valence-corrected chi connectivity index (χ1v) is 10.4. The molecule has 0 spiro atoms. The molecule has 164 valence electrons. The molecule has 2 amide bonds. The van der Waals surface area contributed by atoms with Crippen molar-refractivity contribution in [2.45, 2.75) is 13.0 Å². The van der Waals surface area contributed by atoms with E-state index in [4.69, 9.17) is 27.9 Å². The molecule has 6 nitrogen and oxygen atoms in total. The molecule has 1 unspecified atom stereocenters. The van der Waals surface area contributed by atoms with Crippen LogP contribution in [0.25, 0.3) is 0 Å². The minimum Gasteiger partial charge on any atom is -0.449 e. The van der Waals surface area contributed by atoms with Crippen molar-refractivity contribution in [3.05, 3.63) is 94.0 Å². The first-order valence-electron chi connectivity index (χ1n) is 9.67. The largest absolute Gasteiger partial charge is 0.449 e. The normalized spacial score (nSPS) is 11.4. The summed E-state index contributed by atoms with van der Waals surface area (Å²) in [4.78, 5) is 39.7.